The third kappa shape index (κ3) is 3.71. The lowest BCUT2D eigenvalue weighted by Gasteiger charge is -2.17. The predicted octanol–water partition coefficient (Wildman–Crippen LogP) is 3.57. The van der Waals surface area contributed by atoms with E-state index in [0.717, 1.165) is 22.3 Å². The van der Waals surface area contributed by atoms with Crippen LogP contribution in [0, 0.1) is 0 Å². The third-order valence-electron chi connectivity index (χ3n) is 4.48. The number of primary amides is 1. The first kappa shape index (κ1) is 18.4. The Morgan fingerprint density at radius 2 is 1.77 bits per heavy atom. The van der Waals surface area contributed by atoms with Crippen LogP contribution in [-0.4, -0.2) is 25.2 Å². The number of hydrogen-bond donors (Lipinski definition) is 1. The molecule has 0 fully saturated rings. The summed E-state index contributed by atoms with van der Waals surface area (Å²) in [5, 5.41) is 2.25. The Morgan fingerprint density at radius 3 is 2.42 bits per heavy atom. The molecule has 0 atom stereocenters. The lowest BCUT2D eigenvalue weighted by Crippen LogP contribution is -2.25. The maximum atomic E-state index is 13.0. The molecule has 1 heterocycles. The number of benzene rings is 2. The Bertz CT molecular complexity index is 1030. The SMILES string of the molecule is C[Si](C)(C)CCOCn1c(=O)c2ccccc2c2cc(C(N)=O)ccc21. The highest BCUT2D eigenvalue weighted by molar-refractivity contribution is 6.76. The molecule has 3 rings (SSSR count). The molecule has 136 valence electrons. The molecule has 0 aliphatic rings. The van der Waals surface area contributed by atoms with E-state index in [1.807, 2.05) is 18.2 Å². The molecule has 0 saturated heterocycles. The topological polar surface area (TPSA) is 74.3 Å². The molecule has 0 aliphatic carbocycles. The molecular formula is C20H24N2O3Si. The zero-order chi connectivity index (χ0) is 18.9. The second-order valence-corrected chi connectivity index (χ2v) is 13.3. The number of nitrogens with zero attached hydrogens (tertiary/aromatic N) is 1. The molecule has 0 unspecified atom stereocenters. The van der Waals surface area contributed by atoms with Crippen molar-refractivity contribution < 1.29 is 9.53 Å². The van der Waals surface area contributed by atoms with Gasteiger partial charge in [-0.25, -0.2) is 0 Å². The number of fused-ring (bicyclic) bond motifs is 3. The average Bonchev–Trinajstić information content (AvgIpc) is 2.59. The Kier molecular flexibility index (Phi) is 4.98. The van der Waals surface area contributed by atoms with Crippen LogP contribution in [0.25, 0.3) is 21.7 Å². The maximum absolute atomic E-state index is 13.0. The van der Waals surface area contributed by atoms with Crippen LogP contribution in [0.1, 0.15) is 10.4 Å². The molecular weight excluding hydrogens is 344 g/mol. The molecule has 0 radical (unpaired) electrons. The molecule has 0 spiro atoms. The van der Waals surface area contributed by atoms with Crippen molar-refractivity contribution in [3.8, 4) is 0 Å². The van der Waals surface area contributed by atoms with Crippen LogP contribution in [0.2, 0.25) is 25.7 Å². The second kappa shape index (κ2) is 7.05. The molecule has 26 heavy (non-hydrogen) atoms. The van der Waals surface area contributed by atoms with Crippen molar-refractivity contribution in [1.29, 1.82) is 0 Å². The van der Waals surface area contributed by atoms with Gasteiger partial charge in [-0.3, -0.25) is 14.2 Å². The zero-order valence-electron chi connectivity index (χ0n) is 15.4. The number of pyridine rings is 1. The molecule has 3 aromatic rings. The summed E-state index contributed by atoms with van der Waals surface area (Å²) in [6, 6.07) is 13.6. The lowest BCUT2D eigenvalue weighted by molar-refractivity contribution is 0.0882. The summed E-state index contributed by atoms with van der Waals surface area (Å²) in [5.74, 6) is -0.486. The monoisotopic (exact) mass is 368 g/mol. The first-order valence-electron chi connectivity index (χ1n) is 8.71. The molecule has 0 aliphatic heterocycles. The van der Waals surface area contributed by atoms with Gasteiger partial charge in [0, 0.05) is 31.0 Å². The van der Waals surface area contributed by atoms with Crippen LogP contribution in [-0.2, 0) is 11.5 Å². The van der Waals surface area contributed by atoms with Crippen molar-refractivity contribution in [1.82, 2.24) is 4.57 Å². The highest BCUT2D eigenvalue weighted by Crippen LogP contribution is 2.24. The van der Waals surface area contributed by atoms with Gasteiger partial charge in [-0.15, -0.1) is 0 Å². The van der Waals surface area contributed by atoms with Gasteiger partial charge in [-0.05, 0) is 35.7 Å². The highest BCUT2D eigenvalue weighted by atomic mass is 28.3. The normalized spacial score (nSPS) is 12.0. The number of hydrogen-bond acceptors (Lipinski definition) is 3. The van der Waals surface area contributed by atoms with Crippen molar-refractivity contribution in [2.24, 2.45) is 5.73 Å². The molecule has 0 saturated carbocycles. The van der Waals surface area contributed by atoms with E-state index in [9.17, 15) is 9.59 Å². The minimum Gasteiger partial charge on any atom is -0.366 e. The van der Waals surface area contributed by atoms with Crippen LogP contribution in [0.3, 0.4) is 0 Å². The van der Waals surface area contributed by atoms with E-state index in [1.54, 1.807) is 28.8 Å². The summed E-state index contributed by atoms with van der Waals surface area (Å²) in [7, 11) is -1.19. The standard InChI is InChI=1S/C20H24N2O3Si/c1-26(2,3)11-10-25-13-22-18-9-8-14(19(21)23)12-17(18)15-6-4-5-7-16(15)20(22)24/h4-9,12H,10-11,13H2,1-3H3,(H2,21,23). The molecule has 2 N–H and O–H groups in total. The van der Waals surface area contributed by atoms with Gasteiger partial charge in [0.2, 0.25) is 5.91 Å². The Morgan fingerprint density at radius 1 is 1.08 bits per heavy atom. The van der Waals surface area contributed by atoms with Gasteiger partial charge < -0.3 is 10.5 Å². The second-order valence-electron chi connectivity index (χ2n) is 7.72. The highest BCUT2D eigenvalue weighted by Gasteiger charge is 2.14. The van der Waals surface area contributed by atoms with E-state index < -0.39 is 14.0 Å². The number of amides is 1. The summed E-state index contributed by atoms with van der Waals surface area (Å²) in [5.41, 5.74) is 6.50. The fourth-order valence-corrected chi connectivity index (χ4v) is 3.72. The van der Waals surface area contributed by atoms with Crippen molar-refractivity contribution in [2.45, 2.75) is 32.4 Å². The number of aromatic nitrogens is 1. The molecule has 0 bridgehead atoms. The van der Waals surface area contributed by atoms with Gasteiger partial charge in [-0.2, -0.15) is 0 Å². The Balaban J connectivity index is 2.10. The smallest absolute Gasteiger partial charge is 0.260 e. The summed E-state index contributed by atoms with van der Waals surface area (Å²) < 4.78 is 7.45. The van der Waals surface area contributed by atoms with Crippen molar-refractivity contribution in [3.05, 3.63) is 58.4 Å². The quantitative estimate of drug-likeness (QED) is 0.411. The Hall–Kier alpha value is -2.44. The van der Waals surface area contributed by atoms with Crippen molar-refractivity contribution in [3.63, 3.8) is 0 Å². The molecule has 5 nitrogen and oxygen atoms in total. The van der Waals surface area contributed by atoms with E-state index >= 15 is 0 Å². The van der Waals surface area contributed by atoms with Gasteiger partial charge in [0.15, 0.2) is 0 Å². The van der Waals surface area contributed by atoms with Crippen LogP contribution >= 0.6 is 0 Å². The van der Waals surface area contributed by atoms with E-state index in [0.29, 0.717) is 17.6 Å². The summed E-state index contributed by atoms with van der Waals surface area (Å²) in [4.78, 5) is 24.5. The van der Waals surface area contributed by atoms with Crippen molar-refractivity contribution in [2.75, 3.05) is 6.61 Å². The molecule has 2 aromatic carbocycles. The fourth-order valence-electron chi connectivity index (χ4n) is 2.96. The number of ether oxygens (including phenoxy) is 1. The van der Waals surface area contributed by atoms with E-state index in [2.05, 4.69) is 19.6 Å². The summed E-state index contributed by atoms with van der Waals surface area (Å²) in [6.45, 7) is 7.70. The van der Waals surface area contributed by atoms with E-state index in [-0.39, 0.29) is 12.3 Å². The number of rotatable bonds is 6. The minimum absolute atomic E-state index is 0.0899. The van der Waals surface area contributed by atoms with Gasteiger partial charge in [-0.1, -0.05) is 37.8 Å². The van der Waals surface area contributed by atoms with Crippen LogP contribution < -0.4 is 11.3 Å². The zero-order valence-corrected chi connectivity index (χ0v) is 16.4. The number of nitrogens with two attached hydrogens (primary N) is 1. The van der Waals surface area contributed by atoms with Crippen LogP contribution in [0.4, 0.5) is 0 Å². The lowest BCUT2D eigenvalue weighted by atomic mass is 10.0. The minimum atomic E-state index is -1.19. The number of carbonyl (C=O) groups excluding carboxylic acids is 1. The number of carbonyl (C=O) groups is 1. The molecule has 1 amide bonds. The van der Waals surface area contributed by atoms with E-state index in [4.69, 9.17) is 10.5 Å². The van der Waals surface area contributed by atoms with Gasteiger partial charge in [0.25, 0.3) is 5.56 Å². The van der Waals surface area contributed by atoms with Crippen LogP contribution in [0.5, 0.6) is 0 Å². The largest absolute Gasteiger partial charge is 0.366 e. The van der Waals surface area contributed by atoms with Crippen molar-refractivity contribution >= 4 is 35.7 Å². The first-order valence-corrected chi connectivity index (χ1v) is 12.4. The predicted molar refractivity (Wildman–Crippen MR) is 108 cm³/mol. The third-order valence-corrected chi connectivity index (χ3v) is 6.19. The van der Waals surface area contributed by atoms with Gasteiger partial charge >= 0.3 is 0 Å². The average molecular weight is 369 g/mol. The van der Waals surface area contributed by atoms with Crippen LogP contribution in [0.15, 0.2) is 47.3 Å². The first-order chi connectivity index (χ1) is 12.3. The Labute approximate surface area is 153 Å². The van der Waals surface area contributed by atoms with E-state index in [1.165, 1.54) is 0 Å². The molecule has 6 heteroatoms. The fraction of sp³-hybridized carbons (Fsp3) is 0.300. The summed E-state index contributed by atoms with van der Waals surface area (Å²) >= 11 is 0. The van der Waals surface area contributed by atoms with Gasteiger partial charge in [0.1, 0.15) is 6.73 Å². The summed E-state index contributed by atoms with van der Waals surface area (Å²) in [6.07, 6.45) is 0. The van der Waals surface area contributed by atoms with Gasteiger partial charge in [0.05, 0.1) is 5.52 Å². The maximum Gasteiger partial charge on any atom is 0.260 e. The molecule has 1 aromatic heterocycles.